The third kappa shape index (κ3) is 4.00. The molecule has 0 aliphatic rings. The predicted molar refractivity (Wildman–Crippen MR) is 61.4 cm³/mol. The molecule has 0 bridgehead atoms. The van der Waals surface area contributed by atoms with Crippen LogP contribution in [0.15, 0.2) is 24.3 Å². The Labute approximate surface area is 95.6 Å². The van der Waals surface area contributed by atoms with Crippen molar-refractivity contribution in [1.82, 2.24) is 5.32 Å². The first-order valence-electron chi connectivity index (χ1n) is 5.13. The van der Waals surface area contributed by atoms with Gasteiger partial charge in [0.1, 0.15) is 0 Å². The number of benzene rings is 1. The quantitative estimate of drug-likeness (QED) is 0.737. The zero-order valence-corrected chi connectivity index (χ0v) is 9.66. The van der Waals surface area contributed by atoms with Crippen LogP contribution in [0.2, 0.25) is 0 Å². The Balaban J connectivity index is 2.57. The summed E-state index contributed by atoms with van der Waals surface area (Å²) >= 11 is 0. The number of methoxy groups -OCH3 is 2. The fourth-order valence-corrected chi connectivity index (χ4v) is 1.34. The maximum absolute atomic E-state index is 11.7. The van der Waals surface area contributed by atoms with Gasteiger partial charge in [0.25, 0.3) is 5.91 Å². The van der Waals surface area contributed by atoms with Gasteiger partial charge in [-0.3, -0.25) is 4.79 Å². The van der Waals surface area contributed by atoms with Crippen LogP contribution in [0, 0.1) is 0 Å². The summed E-state index contributed by atoms with van der Waals surface area (Å²) in [6.45, 7) is 1.55. The molecule has 4 nitrogen and oxygen atoms in total. The van der Waals surface area contributed by atoms with Crippen molar-refractivity contribution in [3.05, 3.63) is 35.4 Å². The van der Waals surface area contributed by atoms with E-state index in [-0.39, 0.29) is 5.91 Å². The SMILES string of the molecule is COCCNC(=O)c1cccc(COC)c1. The molecule has 1 rings (SSSR count). The first-order valence-corrected chi connectivity index (χ1v) is 5.13. The van der Waals surface area contributed by atoms with Crippen molar-refractivity contribution in [2.75, 3.05) is 27.4 Å². The van der Waals surface area contributed by atoms with E-state index in [4.69, 9.17) is 9.47 Å². The summed E-state index contributed by atoms with van der Waals surface area (Å²) in [5.41, 5.74) is 1.63. The summed E-state index contributed by atoms with van der Waals surface area (Å²) in [7, 11) is 3.23. The topological polar surface area (TPSA) is 47.6 Å². The van der Waals surface area contributed by atoms with Gasteiger partial charge >= 0.3 is 0 Å². The molecule has 88 valence electrons. The number of hydrogen-bond donors (Lipinski definition) is 1. The summed E-state index contributed by atoms with van der Waals surface area (Å²) in [6, 6.07) is 7.38. The second-order valence-corrected chi connectivity index (χ2v) is 3.38. The van der Waals surface area contributed by atoms with E-state index < -0.39 is 0 Å². The Bertz CT molecular complexity index is 339. The van der Waals surface area contributed by atoms with Crippen molar-refractivity contribution < 1.29 is 14.3 Å². The Morgan fingerprint density at radius 2 is 2.12 bits per heavy atom. The highest BCUT2D eigenvalue weighted by Gasteiger charge is 2.04. The van der Waals surface area contributed by atoms with Crippen molar-refractivity contribution in [1.29, 1.82) is 0 Å². The summed E-state index contributed by atoms with van der Waals surface area (Å²) in [6.07, 6.45) is 0. The zero-order valence-electron chi connectivity index (χ0n) is 9.66. The Kier molecular flexibility index (Phi) is 5.53. The highest BCUT2D eigenvalue weighted by Crippen LogP contribution is 2.06. The number of carbonyl (C=O) groups excluding carboxylic acids is 1. The van der Waals surface area contributed by atoms with E-state index in [0.29, 0.717) is 25.3 Å². The monoisotopic (exact) mass is 223 g/mol. The second kappa shape index (κ2) is 6.98. The lowest BCUT2D eigenvalue weighted by molar-refractivity contribution is 0.0937. The van der Waals surface area contributed by atoms with Crippen LogP contribution in [0.4, 0.5) is 0 Å². The van der Waals surface area contributed by atoms with Crippen molar-refractivity contribution in [3.63, 3.8) is 0 Å². The summed E-state index contributed by atoms with van der Waals surface area (Å²) in [5.74, 6) is -0.0880. The minimum absolute atomic E-state index is 0.0880. The van der Waals surface area contributed by atoms with Gasteiger partial charge in [0.2, 0.25) is 0 Å². The predicted octanol–water partition coefficient (Wildman–Crippen LogP) is 1.21. The molecule has 1 aromatic rings. The smallest absolute Gasteiger partial charge is 0.251 e. The van der Waals surface area contributed by atoms with Gasteiger partial charge in [0, 0.05) is 26.3 Å². The van der Waals surface area contributed by atoms with Crippen LogP contribution in [0.3, 0.4) is 0 Å². The van der Waals surface area contributed by atoms with Crippen LogP contribution >= 0.6 is 0 Å². The van der Waals surface area contributed by atoms with E-state index in [0.717, 1.165) is 5.56 Å². The fourth-order valence-electron chi connectivity index (χ4n) is 1.34. The molecule has 0 radical (unpaired) electrons. The molecule has 0 spiro atoms. The van der Waals surface area contributed by atoms with Crippen LogP contribution < -0.4 is 5.32 Å². The molecule has 0 aliphatic heterocycles. The van der Waals surface area contributed by atoms with Crippen LogP contribution in [0.5, 0.6) is 0 Å². The van der Waals surface area contributed by atoms with Crippen LogP contribution in [0.1, 0.15) is 15.9 Å². The maximum Gasteiger partial charge on any atom is 0.251 e. The van der Waals surface area contributed by atoms with E-state index in [1.807, 2.05) is 18.2 Å². The van der Waals surface area contributed by atoms with E-state index in [1.165, 1.54) is 0 Å². The van der Waals surface area contributed by atoms with E-state index in [2.05, 4.69) is 5.32 Å². The molecule has 0 atom stereocenters. The maximum atomic E-state index is 11.7. The van der Waals surface area contributed by atoms with Crippen molar-refractivity contribution in [3.8, 4) is 0 Å². The third-order valence-electron chi connectivity index (χ3n) is 2.09. The summed E-state index contributed by atoms with van der Waals surface area (Å²) in [4.78, 5) is 11.7. The Morgan fingerprint density at radius 3 is 2.81 bits per heavy atom. The summed E-state index contributed by atoms with van der Waals surface area (Å²) < 4.78 is 9.87. The molecule has 1 N–H and O–H groups in total. The van der Waals surface area contributed by atoms with E-state index >= 15 is 0 Å². The lowest BCUT2D eigenvalue weighted by atomic mass is 10.1. The molecule has 1 aromatic carbocycles. The average Bonchev–Trinajstić information content (AvgIpc) is 2.30. The number of ether oxygens (including phenoxy) is 2. The molecule has 0 saturated carbocycles. The lowest BCUT2D eigenvalue weighted by Crippen LogP contribution is -2.26. The first-order chi connectivity index (χ1) is 7.77. The average molecular weight is 223 g/mol. The van der Waals surface area contributed by atoms with Crippen LogP contribution in [0.25, 0.3) is 0 Å². The number of nitrogens with one attached hydrogen (secondary N) is 1. The van der Waals surface area contributed by atoms with Gasteiger partial charge in [0.05, 0.1) is 13.2 Å². The molecule has 0 aliphatic carbocycles. The van der Waals surface area contributed by atoms with Gasteiger partial charge in [-0.25, -0.2) is 0 Å². The zero-order chi connectivity index (χ0) is 11.8. The summed E-state index contributed by atoms with van der Waals surface area (Å²) in [5, 5.41) is 2.76. The fraction of sp³-hybridized carbons (Fsp3) is 0.417. The van der Waals surface area contributed by atoms with Crippen molar-refractivity contribution in [2.24, 2.45) is 0 Å². The van der Waals surface area contributed by atoms with Gasteiger partial charge in [-0.2, -0.15) is 0 Å². The van der Waals surface area contributed by atoms with Crippen LogP contribution in [-0.4, -0.2) is 33.3 Å². The molecule has 0 saturated heterocycles. The van der Waals surface area contributed by atoms with Crippen molar-refractivity contribution >= 4 is 5.91 Å². The Morgan fingerprint density at radius 1 is 1.31 bits per heavy atom. The van der Waals surface area contributed by atoms with Gasteiger partial charge in [-0.15, -0.1) is 0 Å². The highest BCUT2D eigenvalue weighted by atomic mass is 16.5. The molecule has 0 fully saturated rings. The standard InChI is InChI=1S/C12H17NO3/c1-15-7-6-13-12(14)11-5-3-4-10(8-11)9-16-2/h3-5,8H,6-7,9H2,1-2H3,(H,13,14). The molecule has 4 heteroatoms. The van der Waals surface area contributed by atoms with Crippen molar-refractivity contribution in [2.45, 2.75) is 6.61 Å². The molecule has 1 amide bonds. The first kappa shape index (κ1) is 12.7. The van der Waals surface area contributed by atoms with Gasteiger partial charge < -0.3 is 14.8 Å². The van der Waals surface area contributed by atoms with E-state index in [9.17, 15) is 4.79 Å². The largest absolute Gasteiger partial charge is 0.383 e. The normalized spacial score (nSPS) is 10.1. The molecule has 16 heavy (non-hydrogen) atoms. The van der Waals surface area contributed by atoms with Gasteiger partial charge in [-0.05, 0) is 17.7 Å². The molecule has 0 unspecified atom stereocenters. The molecule has 0 heterocycles. The molecular weight excluding hydrogens is 206 g/mol. The highest BCUT2D eigenvalue weighted by molar-refractivity contribution is 5.94. The third-order valence-corrected chi connectivity index (χ3v) is 2.09. The molecule has 0 aromatic heterocycles. The second-order valence-electron chi connectivity index (χ2n) is 3.38. The van der Waals surface area contributed by atoms with Crippen LogP contribution in [-0.2, 0) is 16.1 Å². The molecular formula is C12H17NO3. The lowest BCUT2D eigenvalue weighted by Gasteiger charge is -2.06. The minimum atomic E-state index is -0.0880. The Hall–Kier alpha value is -1.39. The van der Waals surface area contributed by atoms with Gasteiger partial charge in [0.15, 0.2) is 0 Å². The number of amides is 1. The minimum Gasteiger partial charge on any atom is -0.383 e. The van der Waals surface area contributed by atoms with Gasteiger partial charge in [-0.1, -0.05) is 12.1 Å². The number of rotatable bonds is 6. The number of hydrogen-bond acceptors (Lipinski definition) is 3. The number of carbonyl (C=O) groups is 1. The van der Waals surface area contributed by atoms with E-state index in [1.54, 1.807) is 20.3 Å².